The first-order valence-corrected chi connectivity index (χ1v) is 7.90. The Morgan fingerprint density at radius 3 is 0.958 bits per heavy atom. The lowest BCUT2D eigenvalue weighted by atomic mass is 10.2. The molecule has 0 aliphatic rings. The van der Waals surface area contributed by atoms with Crippen molar-refractivity contribution in [2.45, 2.75) is 41.5 Å². The molecule has 0 heterocycles. The molecule has 0 spiro atoms. The highest BCUT2D eigenvalue weighted by atomic mass is 16.6. The number of esters is 3. The fourth-order valence-electron chi connectivity index (χ4n) is 1.42. The summed E-state index contributed by atoms with van der Waals surface area (Å²) >= 11 is 0. The van der Waals surface area contributed by atoms with Crippen LogP contribution < -0.4 is 14.2 Å². The first-order valence-electron chi connectivity index (χ1n) is 7.90. The van der Waals surface area contributed by atoms with Crippen LogP contribution in [0, 0.1) is 17.8 Å². The van der Waals surface area contributed by atoms with E-state index >= 15 is 0 Å². The van der Waals surface area contributed by atoms with Gasteiger partial charge in [-0.05, 0) is 0 Å². The minimum Gasteiger partial charge on any atom is -0.426 e. The molecule has 0 radical (unpaired) electrons. The lowest BCUT2D eigenvalue weighted by molar-refractivity contribution is -0.138. The lowest BCUT2D eigenvalue weighted by Crippen LogP contribution is -2.18. The van der Waals surface area contributed by atoms with Crippen LogP contribution in [-0.2, 0) is 14.4 Å². The number of rotatable bonds is 6. The van der Waals surface area contributed by atoms with E-state index in [1.165, 1.54) is 18.2 Å². The van der Waals surface area contributed by atoms with E-state index in [4.69, 9.17) is 14.2 Å². The van der Waals surface area contributed by atoms with E-state index in [9.17, 15) is 14.4 Å². The zero-order valence-electron chi connectivity index (χ0n) is 14.9. The molecular weight excluding hydrogens is 312 g/mol. The molecule has 1 aromatic carbocycles. The third-order valence-electron chi connectivity index (χ3n) is 2.92. The first kappa shape index (κ1) is 19.7. The topological polar surface area (TPSA) is 78.9 Å². The maximum Gasteiger partial charge on any atom is 0.313 e. The van der Waals surface area contributed by atoms with E-state index in [1.54, 1.807) is 41.5 Å². The van der Waals surface area contributed by atoms with Crippen molar-refractivity contribution >= 4 is 17.9 Å². The fourth-order valence-corrected chi connectivity index (χ4v) is 1.42. The normalized spacial score (nSPS) is 10.9. The van der Waals surface area contributed by atoms with Crippen molar-refractivity contribution in [3.05, 3.63) is 18.2 Å². The number of ether oxygens (including phenoxy) is 3. The number of hydrogen-bond donors (Lipinski definition) is 0. The van der Waals surface area contributed by atoms with Crippen molar-refractivity contribution in [3.8, 4) is 17.2 Å². The van der Waals surface area contributed by atoms with Gasteiger partial charge in [0.2, 0.25) is 0 Å². The molecule has 0 saturated carbocycles. The molecule has 0 aliphatic heterocycles. The Labute approximate surface area is 142 Å². The predicted octanol–water partition coefficient (Wildman–Crippen LogP) is 3.37. The Balaban J connectivity index is 3.11. The number of carbonyl (C=O) groups excluding carboxylic acids is 3. The summed E-state index contributed by atoms with van der Waals surface area (Å²) in [4.78, 5) is 35.3. The molecular formula is C18H24O6. The molecule has 0 atom stereocenters. The fraction of sp³-hybridized carbons (Fsp3) is 0.500. The number of hydrogen-bond acceptors (Lipinski definition) is 6. The number of benzene rings is 1. The second kappa shape index (κ2) is 8.47. The van der Waals surface area contributed by atoms with Gasteiger partial charge in [0.05, 0.1) is 17.8 Å². The van der Waals surface area contributed by atoms with Crippen molar-refractivity contribution in [2.75, 3.05) is 0 Å². The third-order valence-corrected chi connectivity index (χ3v) is 2.92. The summed E-state index contributed by atoms with van der Waals surface area (Å²) < 4.78 is 15.7. The Bertz CT molecular complexity index is 518. The highest BCUT2D eigenvalue weighted by Gasteiger charge is 2.17. The Morgan fingerprint density at radius 1 is 0.583 bits per heavy atom. The van der Waals surface area contributed by atoms with E-state index < -0.39 is 17.9 Å². The van der Waals surface area contributed by atoms with E-state index in [2.05, 4.69) is 0 Å². The molecule has 24 heavy (non-hydrogen) atoms. The maximum absolute atomic E-state index is 11.8. The van der Waals surface area contributed by atoms with E-state index in [0.29, 0.717) is 0 Å². The summed E-state index contributed by atoms with van der Waals surface area (Å²) in [5.41, 5.74) is 0. The zero-order chi connectivity index (χ0) is 18.4. The molecule has 6 heteroatoms. The van der Waals surface area contributed by atoms with Gasteiger partial charge in [0.15, 0.2) is 0 Å². The number of carbonyl (C=O) groups is 3. The average molecular weight is 336 g/mol. The molecule has 0 N–H and O–H groups in total. The molecule has 0 amide bonds. The van der Waals surface area contributed by atoms with Gasteiger partial charge < -0.3 is 14.2 Å². The minimum atomic E-state index is -0.441. The van der Waals surface area contributed by atoms with E-state index in [0.717, 1.165) is 0 Å². The monoisotopic (exact) mass is 336 g/mol. The van der Waals surface area contributed by atoms with Crippen LogP contribution in [0.4, 0.5) is 0 Å². The smallest absolute Gasteiger partial charge is 0.313 e. The SMILES string of the molecule is CC(C)C(=O)Oc1cc(OC(=O)C(C)C)cc(OC(=O)C(C)C)c1. The van der Waals surface area contributed by atoms with Crippen molar-refractivity contribution in [1.82, 2.24) is 0 Å². The van der Waals surface area contributed by atoms with Gasteiger partial charge in [0.25, 0.3) is 0 Å². The second-order valence-electron chi connectivity index (χ2n) is 6.37. The quantitative estimate of drug-likeness (QED) is 0.585. The second-order valence-corrected chi connectivity index (χ2v) is 6.37. The molecule has 0 saturated heterocycles. The van der Waals surface area contributed by atoms with Crippen LogP contribution in [-0.4, -0.2) is 17.9 Å². The molecule has 0 unspecified atom stereocenters. The van der Waals surface area contributed by atoms with Crippen molar-refractivity contribution in [1.29, 1.82) is 0 Å². The van der Waals surface area contributed by atoms with Crippen molar-refractivity contribution < 1.29 is 28.6 Å². The standard InChI is InChI=1S/C18H24O6/c1-10(2)16(19)22-13-7-14(23-17(20)11(3)4)9-15(8-13)24-18(21)12(5)6/h7-12H,1-6H3. The first-order chi connectivity index (χ1) is 11.1. The molecule has 0 bridgehead atoms. The lowest BCUT2D eigenvalue weighted by Gasteiger charge is -2.13. The average Bonchev–Trinajstić information content (AvgIpc) is 2.46. The summed E-state index contributed by atoms with van der Waals surface area (Å²) in [5, 5.41) is 0. The maximum atomic E-state index is 11.8. The summed E-state index contributed by atoms with van der Waals surface area (Å²) in [7, 11) is 0. The van der Waals surface area contributed by atoms with Crippen LogP contribution in [0.3, 0.4) is 0 Å². The van der Waals surface area contributed by atoms with Gasteiger partial charge in [0.1, 0.15) is 17.2 Å². The molecule has 1 rings (SSSR count). The summed E-state index contributed by atoms with van der Waals surface area (Å²) in [6.07, 6.45) is 0. The minimum absolute atomic E-state index is 0.148. The van der Waals surface area contributed by atoms with Gasteiger partial charge in [-0.25, -0.2) is 0 Å². The van der Waals surface area contributed by atoms with Crippen molar-refractivity contribution in [2.24, 2.45) is 17.8 Å². The third kappa shape index (κ3) is 6.02. The van der Waals surface area contributed by atoms with Gasteiger partial charge >= 0.3 is 17.9 Å². The van der Waals surface area contributed by atoms with Gasteiger partial charge in [-0.2, -0.15) is 0 Å². The highest BCUT2D eigenvalue weighted by molar-refractivity contribution is 5.77. The molecule has 6 nitrogen and oxygen atoms in total. The predicted molar refractivity (Wildman–Crippen MR) is 87.9 cm³/mol. The zero-order valence-corrected chi connectivity index (χ0v) is 14.9. The van der Waals surface area contributed by atoms with Gasteiger partial charge in [-0.15, -0.1) is 0 Å². The Kier molecular flexibility index (Phi) is 6.95. The molecule has 0 aromatic heterocycles. The summed E-state index contributed by atoms with van der Waals surface area (Å²) in [5.74, 6) is -1.86. The van der Waals surface area contributed by atoms with Gasteiger partial charge in [-0.3, -0.25) is 14.4 Å². The molecule has 0 aliphatic carbocycles. The van der Waals surface area contributed by atoms with Crippen molar-refractivity contribution in [3.63, 3.8) is 0 Å². The summed E-state index contributed by atoms with van der Waals surface area (Å²) in [6.45, 7) is 10.2. The van der Waals surface area contributed by atoms with Crippen LogP contribution in [0.2, 0.25) is 0 Å². The largest absolute Gasteiger partial charge is 0.426 e. The Morgan fingerprint density at radius 2 is 0.792 bits per heavy atom. The van der Waals surface area contributed by atoms with Crippen LogP contribution >= 0.6 is 0 Å². The molecule has 132 valence electrons. The summed E-state index contributed by atoms with van der Waals surface area (Å²) in [6, 6.07) is 4.23. The molecule has 1 aromatic rings. The van der Waals surface area contributed by atoms with Crippen LogP contribution in [0.25, 0.3) is 0 Å². The highest BCUT2D eigenvalue weighted by Crippen LogP contribution is 2.29. The van der Waals surface area contributed by atoms with Crippen LogP contribution in [0.5, 0.6) is 17.2 Å². The van der Waals surface area contributed by atoms with Gasteiger partial charge in [-0.1, -0.05) is 41.5 Å². The van der Waals surface area contributed by atoms with Gasteiger partial charge in [0, 0.05) is 18.2 Å². The van der Waals surface area contributed by atoms with Crippen LogP contribution in [0.1, 0.15) is 41.5 Å². The van der Waals surface area contributed by atoms with E-state index in [1.807, 2.05) is 0 Å². The molecule has 0 fully saturated rings. The van der Waals surface area contributed by atoms with Crippen LogP contribution in [0.15, 0.2) is 18.2 Å². The Hall–Kier alpha value is -2.37. The van der Waals surface area contributed by atoms with E-state index in [-0.39, 0.29) is 35.0 Å².